The molecule has 0 bridgehead atoms. The molecule has 0 heterocycles. The zero-order valence-electron chi connectivity index (χ0n) is 36.5. The first-order valence-electron chi connectivity index (χ1n) is 22.2. The van der Waals surface area contributed by atoms with E-state index in [0.717, 1.165) is 44.6 Å². The highest BCUT2D eigenvalue weighted by atomic mass is 19.1. The molecule has 0 saturated carbocycles. The van der Waals surface area contributed by atoms with Crippen molar-refractivity contribution >= 4 is 23.9 Å². The number of ether oxygens (including phenoxy) is 6. The molecule has 0 aliphatic rings. The van der Waals surface area contributed by atoms with E-state index in [1.807, 2.05) is 6.08 Å². The second-order valence-corrected chi connectivity index (χ2v) is 15.3. The first kappa shape index (κ1) is 48.3. The number of rotatable bonds is 27. The number of hydrogen-bond donors (Lipinski definition) is 0. The van der Waals surface area contributed by atoms with Crippen LogP contribution in [-0.4, -0.2) is 37.1 Å². The van der Waals surface area contributed by atoms with Crippen molar-refractivity contribution in [3.63, 3.8) is 0 Å². The summed E-state index contributed by atoms with van der Waals surface area (Å²) >= 11 is 0. The van der Waals surface area contributed by atoms with Crippen molar-refractivity contribution in [1.82, 2.24) is 0 Å². The van der Waals surface area contributed by atoms with Crippen molar-refractivity contribution in [2.75, 3.05) is 13.2 Å². The summed E-state index contributed by atoms with van der Waals surface area (Å²) < 4.78 is 47.9. The van der Waals surface area contributed by atoms with Crippen LogP contribution in [0.1, 0.15) is 138 Å². The summed E-state index contributed by atoms with van der Waals surface area (Å²) in [4.78, 5) is 51.4. The highest BCUT2D eigenvalue weighted by Gasteiger charge is 2.16. The highest BCUT2D eigenvalue weighted by Crippen LogP contribution is 2.25. The molecule has 10 nitrogen and oxygen atoms in total. The lowest BCUT2D eigenvalue weighted by Gasteiger charge is -2.10. The van der Waals surface area contributed by atoms with Crippen molar-refractivity contribution in [2.24, 2.45) is 0 Å². The van der Waals surface area contributed by atoms with Crippen LogP contribution in [0.25, 0.3) is 0 Å². The fourth-order valence-corrected chi connectivity index (χ4v) is 6.54. The zero-order valence-corrected chi connectivity index (χ0v) is 36.5. The summed E-state index contributed by atoms with van der Waals surface area (Å²) in [5.74, 6) is -2.00. The van der Waals surface area contributed by atoms with Gasteiger partial charge < -0.3 is 28.4 Å². The fourth-order valence-electron chi connectivity index (χ4n) is 6.54. The summed E-state index contributed by atoms with van der Waals surface area (Å²) in [6, 6.07) is 28.3. The molecule has 5 aromatic rings. The standard InChI is InChI=1S/C53H57FO10/c1-3-5-7-9-11-12-13-15-16-35-59-43-28-21-39(22-29-43)50(55)61-44-30-23-40(24-31-44)51(56)63-46-19-18-20-47(38-46)64-52(57)41-25-32-45(33-26-41)62-53(58)42-27-34-49(48(54)37-42)60-36-17-14-10-8-6-4-2/h3,18-34,37-38H,1,4-17,35-36H2,2H3. The molecule has 0 saturated heterocycles. The molecular formula is C53H57FO10. The van der Waals surface area contributed by atoms with Crippen molar-refractivity contribution < 1.29 is 52.0 Å². The molecule has 0 radical (unpaired) electrons. The Kier molecular flexibility index (Phi) is 20.1. The Labute approximate surface area is 375 Å². The van der Waals surface area contributed by atoms with Gasteiger partial charge in [-0.3, -0.25) is 0 Å². The SMILES string of the molecule is C=CCCCCCCCCCOc1ccc(C(=O)Oc2ccc(C(=O)Oc3cccc(OC(=O)c4ccc(OC(=O)c5ccc(OCCCCCCCC)c(F)c5)cc4)c3)cc2)cc1. The highest BCUT2D eigenvalue weighted by molar-refractivity contribution is 5.94. The van der Waals surface area contributed by atoms with Gasteiger partial charge >= 0.3 is 23.9 Å². The van der Waals surface area contributed by atoms with Crippen molar-refractivity contribution in [1.29, 1.82) is 0 Å². The molecule has 0 aliphatic carbocycles. The molecule has 64 heavy (non-hydrogen) atoms. The van der Waals surface area contributed by atoms with E-state index in [0.29, 0.717) is 24.5 Å². The lowest BCUT2D eigenvalue weighted by molar-refractivity contribution is 0.0723. The number of carbonyl (C=O) groups is 4. The van der Waals surface area contributed by atoms with Crippen molar-refractivity contribution in [3.8, 4) is 34.5 Å². The van der Waals surface area contributed by atoms with Crippen LogP contribution in [0.4, 0.5) is 4.39 Å². The lowest BCUT2D eigenvalue weighted by Crippen LogP contribution is -2.11. The minimum Gasteiger partial charge on any atom is -0.494 e. The molecule has 5 rings (SSSR count). The maximum absolute atomic E-state index is 14.7. The molecule has 0 unspecified atom stereocenters. The number of benzene rings is 5. The van der Waals surface area contributed by atoms with Crippen LogP contribution >= 0.6 is 0 Å². The van der Waals surface area contributed by atoms with E-state index in [2.05, 4.69) is 13.5 Å². The first-order valence-corrected chi connectivity index (χ1v) is 22.2. The van der Waals surface area contributed by atoms with Gasteiger partial charge in [0.25, 0.3) is 0 Å². The molecule has 0 N–H and O–H groups in total. The second-order valence-electron chi connectivity index (χ2n) is 15.3. The average Bonchev–Trinajstić information content (AvgIpc) is 3.30. The van der Waals surface area contributed by atoms with Crippen LogP contribution < -0.4 is 28.4 Å². The predicted molar refractivity (Wildman–Crippen MR) is 244 cm³/mol. The molecule has 336 valence electrons. The Balaban J connectivity index is 1.02. The number of carbonyl (C=O) groups excluding carboxylic acids is 4. The maximum atomic E-state index is 14.7. The Morgan fingerprint density at radius 2 is 0.859 bits per heavy atom. The smallest absolute Gasteiger partial charge is 0.343 e. The lowest BCUT2D eigenvalue weighted by atomic mass is 10.1. The van der Waals surface area contributed by atoms with Crippen LogP contribution in [0, 0.1) is 5.82 Å². The normalized spacial score (nSPS) is 10.7. The summed E-state index contributed by atoms with van der Waals surface area (Å²) in [5, 5.41) is 0. The van der Waals surface area contributed by atoms with E-state index < -0.39 is 29.7 Å². The van der Waals surface area contributed by atoms with E-state index >= 15 is 0 Å². The number of hydrogen-bond acceptors (Lipinski definition) is 10. The van der Waals surface area contributed by atoms with Gasteiger partial charge in [-0.15, -0.1) is 6.58 Å². The van der Waals surface area contributed by atoms with Gasteiger partial charge in [0.2, 0.25) is 0 Å². The van der Waals surface area contributed by atoms with E-state index in [1.54, 1.807) is 30.3 Å². The summed E-state index contributed by atoms with van der Waals surface area (Å²) in [6.45, 7) is 6.93. The van der Waals surface area contributed by atoms with Gasteiger partial charge in [-0.1, -0.05) is 83.3 Å². The number of esters is 4. The van der Waals surface area contributed by atoms with E-state index in [-0.39, 0.29) is 45.4 Å². The Morgan fingerprint density at radius 3 is 1.34 bits per heavy atom. The molecule has 11 heteroatoms. The molecule has 0 aromatic heterocycles. The van der Waals surface area contributed by atoms with Crippen LogP contribution in [0.2, 0.25) is 0 Å². The number of allylic oxidation sites excluding steroid dienone is 1. The Morgan fingerprint density at radius 1 is 0.453 bits per heavy atom. The minimum absolute atomic E-state index is 0.00716. The summed E-state index contributed by atoms with van der Waals surface area (Å²) in [6.07, 6.45) is 17.8. The van der Waals surface area contributed by atoms with Gasteiger partial charge in [-0.05, 0) is 129 Å². The van der Waals surface area contributed by atoms with E-state index in [1.165, 1.54) is 130 Å². The van der Waals surface area contributed by atoms with Gasteiger partial charge in [0.15, 0.2) is 11.6 Å². The molecule has 0 atom stereocenters. The molecular weight excluding hydrogens is 816 g/mol. The largest absolute Gasteiger partial charge is 0.494 e. The average molecular weight is 873 g/mol. The summed E-state index contributed by atoms with van der Waals surface area (Å²) in [7, 11) is 0. The van der Waals surface area contributed by atoms with E-state index in [4.69, 9.17) is 28.4 Å². The minimum atomic E-state index is -0.775. The van der Waals surface area contributed by atoms with E-state index in [9.17, 15) is 23.6 Å². The zero-order chi connectivity index (χ0) is 45.4. The Bertz CT molecular complexity index is 2250. The maximum Gasteiger partial charge on any atom is 0.343 e. The van der Waals surface area contributed by atoms with Crippen LogP contribution in [0.5, 0.6) is 34.5 Å². The van der Waals surface area contributed by atoms with Crippen LogP contribution in [-0.2, 0) is 0 Å². The van der Waals surface area contributed by atoms with Gasteiger partial charge in [0.1, 0.15) is 28.7 Å². The number of halogens is 1. The third-order valence-electron chi connectivity index (χ3n) is 10.2. The second kappa shape index (κ2) is 26.7. The molecule has 0 aliphatic heterocycles. The van der Waals surface area contributed by atoms with Crippen LogP contribution in [0.3, 0.4) is 0 Å². The van der Waals surface area contributed by atoms with Gasteiger partial charge in [-0.2, -0.15) is 0 Å². The molecule has 0 spiro atoms. The van der Waals surface area contributed by atoms with Crippen molar-refractivity contribution in [3.05, 3.63) is 156 Å². The quantitative estimate of drug-likeness (QED) is 0.0218. The third kappa shape index (κ3) is 16.5. The monoisotopic (exact) mass is 872 g/mol. The molecule has 0 amide bonds. The van der Waals surface area contributed by atoms with Crippen molar-refractivity contribution in [2.45, 2.75) is 96.8 Å². The summed E-state index contributed by atoms with van der Waals surface area (Å²) in [5.41, 5.74) is 0.715. The van der Waals surface area contributed by atoms with Gasteiger partial charge in [0, 0.05) is 6.07 Å². The van der Waals surface area contributed by atoms with Crippen LogP contribution in [0.15, 0.2) is 128 Å². The molecule has 5 aromatic carbocycles. The molecule has 0 fully saturated rings. The van der Waals surface area contributed by atoms with Gasteiger partial charge in [-0.25, -0.2) is 23.6 Å². The fraction of sp³-hybridized carbons (Fsp3) is 0.321. The topological polar surface area (TPSA) is 124 Å². The first-order chi connectivity index (χ1) is 31.2. The Hall–Kier alpha value is -6.75. The third-order valence-corrected chi connectivity index (χ3v) is 10.2. The van der Waals surface area contributed by atoms with Gasteiger partial charge in [0.05, 0.1) is 35.5 Å². The predicted octanol–water partition coefficient (Wildman–Crippen LogP) is 13.1. The number of unbranched alkanes of at least 4 members (excludes halogenated alkanes) is 12.